The summed E-state index contributed by atoms with van der Waals surface area (Å²) in [5.41, 5.74) is 4.44. The Kier molecular flexibility index (Phi) is 8.92. The molecule has 1 aliphatic rings. The first-order valence-electron chi connectivity index (χ1n) is 10.8. The fraction of sp³-hybridized carbons (Fsp3) is 0.857. The molecule has 3 amide bonds. The fourth-order valence-electron chi connectivity index (χ4n) is 3.03. The van der Waals surface area contributed by atoms with Crippen LogP contribution in [-0.2, 0) is 18.8 Å². The van der Waals surface area contributed by atoms with Gasteiger partial charge in [-0.3, -0.25) is 20.4 Å². The molecule has 0 heterocycles. The highest BCUT2D eigenvalue weighted by atomic mass is 28.4. The van der Waals surface area contributed by atoms with Crippen molar-refractivity contribution >= 4 is 26.2 Å². The molecule has 0 aromatic carbocycles. The highest BCUT2D eigenvalue weighted by Gasteiger charge is 2.39. The van der Waals surface area contributed by atoms with Gasteiger partial charge in [0.15, 0.2) is 8.32 Å². The van der Waals surface area contributed by atoms with Crippen molar-refractivity contribution in [1.29, 1.82) is 0 Å². The second kappa shape index (κ2) is 10.1. The van der Waals surface area contributed by atoms with Crippen molar-refractivity contribution in [3.05, 3.63) is 0 Å². The van der Waals surface area contributed by atoms with Gasteiger partial charge in [-0.05, 0) is 65.1 Å². The van der Waals surface area contributed by atoms with Gasteiger partial charge in [0.2, 0.25) is 5.91 Å². The lowest BCUT2D eigenvalue weighted by molar-refractivity contribution is -0.135. The SMILES string of the molecule is C[C@@H](O[Si](C)(C)C(C)(C)C)C(=O)NNC(=O)C1CCCC(NC(=O)OC(C)(C)C)C1. The predicted octanol–water partition coefficient (Wildman–Crippen LogP) is 3.63. The van der Waals surface area contributed by atoms with E-state index in [1.165, 1.54) is 0 Å². The van der Waals surface area contributed by atoms with E-state index in [4.69, 9.17) is 9.16 Å². The number of carbonyl (C=O) groups is 3. The first-order valence-corrected chi connectivity index (χ1v) is 13.7. The number of hydrogen-bond donors (Lipinski definition) is 3. The smallest absolute Gasteiger partial charge is 0.407 e. The number of amides is 3. The monoisotopic (exact) mass is 443 g/mol. The number of hydrazine groups is 1. The van der Waals surface area contributed by atoms with E-state index in [2.05, 4.69) is 50.0 Å². The normalized spacial score (nSPS) is 21.4. The summed E-state index contributed by atoms with van der Waals surface area (Å²) in [6, 6.07) is -0.124. The molecule has 1 saturated carbocycles. The Morgan fingerprint density at radius 1 is 1.00 bits per heavy atom. The first kappa shape index (κ1) is 26.4. The topological polar surface area (TPSA) is 106 Å². The van der Waals surface area contributed by atoms with Crippen molar-refractivity contribution in [2.24, 2.45) is 5.92 Å². The number of alkyl carbamates (subject to hydrolysis) is 1. The van der Waals surface area contributed by atoms with E-state index < -0.39 is 26.1 Å². The van der Waals surface area contributed by atoms with Crippen LogP contribution in [0.4, 0.5) is 4.79 Å². The van der Waals surface area contributed by atoms with Gasteiger partial charge < -0.3 is 14.5 Å². The summed E-state index contributed by atoms with van der Waals surface area (Å²) >= 11 is 0. The summed E-state index contributed by atoms with van der Waals surface area (Å²) in [6.07, 6.45) is 1.71. The molecule has 174 valence electrons. The minimum atomic E-state index is -2.09. The van der Waals surface area contributed by atoms with Gasteiger partial charge in [-0.25, -0.2) is 4.79 Å². The molecule has 0 bridgehead atoms. The number of hydrogen-bond acceptors (Lipinski definition) is 5. The largest absolute Gasteiger partial charge is 0.444 e. The van der Waals surface area contributed by atoms with E-state index in [1.807, 2.05) is 20.8 Å². The summed E-state index contributed by atoms with van der Waals surface area (Å²) in [7, 11) is -2.09. The highest BCUT2D eigenvalue weighted by Crippen LogP contribution is 2.37. The van der Waals surface area contributed by atoms with Crippen molar-refractivity contribution in [3.8, 4) is 0 Å². The van der Waals surface area contributed by atoms with E-state index in [9.17, 15) is 14.4 Å². The molecule has 0 aromatic rings. The third-order valence-electron chi connectivity index (χ3n) is 5.72. The zero-order valence-electron chi connectivity index (χ0n) is 20.1. The average Bonchev–Trinajstić information content (AvgIpc) is 2.56. The molecule has 1 rings (SSSR count). The maximum absolute atomic E-state index is 12.5. The summed E-state index contributed by atoms with van der Waals surface area (Å²) < 4.78 is 11.3. The maximum atomic E-state index is 12.5. The van der Waals surface area contributed by atoms with Gasteiger partial charge in [0.25, 0.3) is 5.91 Å². The van der Waals surface area contributed by atoms with Crippen LogP contribution in [0.15, 0.2) is 0 Å². The molecule has 0 aliphatic heterocycles. The molecule has 0 radical (unpaired) electrons. The highest BCUT2D eigenvalue weighted by molar-refractivity contribution is 6.74. The lowest BCUT2D eigenvalue weighted by Crippen LogP contribution is -2.53. The standard InChI is InChI=1S/C21H41N3O5Si/c1-14(29-30(8,9)21(5,6)7)17(25)23-24-18(26)15-11-10-12-16(13-15)22-19(27)28-20(2,3)4/h14-16H,10-13H2,1-9H3,(H,22,27)(H,23,25)(H,24,26)/t14-,15?,16?/m1/s1. The quantitative estimate of drug-likeness (QED) is 0.444. The zero-order valence-corrected chi connectivity index (χ0v) is 21.1. The van der Waals surface area contributed by atoms with Gasteiger partial charge in [0, 0.05) is 12.0 Å². The van der Waals surface area contributed by atoms with Gasteiger partial charge >= 0.3 is 6.09 Å². The van der Waals surface area contributed by atoms with Crippen LogP contribution in [0.25, 0.3) is 0 Å². The third-order valence-corrected chi connectivity index (χ3v) is 10.3. The number of ether oxygens (including phenoxy) is 1. The van der Waals surface area contributed by atoms with Crippen LogP contribution in [0.3, 0.4) is 0 Å². The van der Waals surface area contributed by atoms with Crippen LogP contribution in [0.1, 0.15) is 74.1 Å². The van der Waals surface area contributed by atoms with Gasteiger partial charge in [-0.15, -0.1) is 0 Å². The average molecular weight is 444 g/mol. The molecule has 0 saturated heterocycles. The first-order chi connectivity index (χ1) is 13.5. The molecule has 1 aliphatic carbocycles. The number of carbonyl (C=O) groups excluding carboxylic acids is 3. The van der Waals surface area contributed by atoms with Crippen LogP contribution in [0, 0.1) is 5.92 Å². The second-order valence-corrected chi connectivity index (χ2v) is 15.5. The summed E-state index contributed by atoms with van der Waals surface area (Å²) in [6.45, 7) is 17.6. The molecule has 2 unspecified atom stereocenters. The van der Waals surface area contributed by atoms with E-state index in [0.29, 0.717) is 12.8 Å². The van der Waals surface area contributed by atoms with Crippen molar-refractivity contribution in [2.75, 3.05) is 0 Å². The molecule has 9 heteroatoms. The van der Waals surface area contributed by atoms with E-state index in [-0.39, 0.29) is 28.8 Å². The Hall–Kier alpha value is -1.61. The third kappa shape index (κ3) is 8.63. The van der Waals surface area contributed by atoms with Crippen molar-refractivity contribution in [3.63, 3.8) is 0 Å². The molecule has 0 spiro atoms. The van der Waals surface area contributed by atoms with E-state index in [1.54, 1.807) is 6.92 Å². The second-order valence-electron chi connectivity index (χ2n) is 10.7. The molecular formula is C21H41N3O5Si. The van der Waals surface area contributed by atoms with Crippen LogP contribution < -0.4 is 16.2 Å². The Labute approximate surface area is 182 Å². The van der Waals surface area contributed by atoms with Gasteiger partial charge in [0.05, 0.1) is 0 Å². The Balaban J connectivity index is 2.50. The number of rotatable bonds is 5. The predicted molar refractivity (Wildman–Crippen MR) is 119 cm³/mol. The molecule has 30 heavy (non-hydrogen) atoms. The van der Waals surface area contributed by atoms with E-state index >= 15 is 0 Å². The molecular weight excluding hydrogens is 402 g/mol. The van der Waals surface area contributed by atoms with E-state index in [0.717, 1.165) is 12.8 Å². The maximum Gasteiger partial charge on any atom is 0.407 e. The molecule has 8 nitrogen and oxygen atoms in total. The molecule has 0 aromatic heterocycles. The lowest BCUT2D eigenvalue weighted by Gasteiger charge is -2.38. The molecule has 1 fully saturated rings. The van der Waals surface area contributed by atoms with Crippen LogP contribution in [0.2, 0.25) is 18.1 Å². The Morgan fingerprint density at radius 3 is 2.13 bits per heavy atom. The van der Waals surface area contributed by atoms with Crippen LogP contribution in [-0.4, -0.2) is 44.0 Å². The van der Waals surface area contributed by atoms with Crippen LogP contribution in [0.5, 0.6) is 0 Å². The van der Waals surface area contributed by atoms with Gasteiger partial charge in [-0.2, -0.15) is 0 Å². The minimum Gasteiger partial charge on any atom is -0.444 e. The van der Waals surface area contributed by atoms with Crippen molar-refractivity contribution < 1.29 is 23.5 Å². The van der Waals surface area contributed by atoms with Crippen molar-refractivity contribution in [1.82, 2.24) is 16.2 Å². The Morgan fingerprint density at radius 2 is 1.60 bits per heavy atom. The van der Waals surface area contributed by atoms with Gasteiger partial charge in [0.1, 0.15) is 11.7 Å². The molecule has 3 N–H and O–H groups in total. The summed E-state index contributed by atoms with van der Waals surface area (Å²) in [5, 5.41) is 2.83. The van der Waals surface area contributed by atoms with Gasteiger partial charge in [-0.1, -0.05) is 27.2 Å². The fourth-order valence-corrected chi connectivity index (χ4v) is 4.38. The Bertz CT molecular complexity index is 625. The zero-order chi connectivity index (χ0) is 23.3. The minimum absolute atomic E-state index is 0.0109. The summed E-state index contributed by atoms with van der Waals surface area (Å²) in [4.78, 5) is 36.9. The van der Waals surface area contributed by atoms with Crippen molar-refractivity contribution in [2.45, 2.75) is 110 Å². The molecule has 3 atom stereocenters. The summed E-state index contributed by atoms with van der Waals surface area (Å²) in [5.74, 6) is -0.901. The number of nitrogens with one attached hydrogen (secondary N) is 3. The lowest BCUT2D eigenvalue weighted by atomic mass is 9.85. The van der Waals surface area contributed by atoms with Crippen LogP contribution >= 0.6 is 0 Å².